The van der Waals surface area contributed by atoms with Gasteiger partial charge in [-0.1, -0.05) is 76.5 Å². The highest BCUT2D eigenvalue weighted by Crippen LogP contribution is 2.22. The average Bonchev–Trinajstić information content (AvgIpc) is 2.83. The van der Waals surface area contributed by atoms with Crippen molar-refractivity contribution in [3.63, 3.8) is 0 Å². The van der Waals surface area contributed by atoms with Crippen molar-refractivity contribution in [3.05, 3.63) is 66.7 Å². The van der Waals surface area contributed by atoms with E-state index in [-0.39, 0.29) is 0 Å². The van der Waals surface area contributed by atoms with E-state index in [2.05, 4.69) is 48.0 Å². The van der Waals surface area contributed by atoms with Crippen LogP contribution in [0.3, 0.4) is 0 Å². The lowest BCUT2D eigenvalue weighted by Gasteiger charge is -2.06. The molecular formula is C29H42N2O. The van der Waals surface area contributed by atoms with Crippen molar-refractivity contribution in [1.29, 1.82) is 0 Å². The lowest BCUT2D eigenvalue weighted by atomic mass is 10.1. The summed E-state index contributed by atoms with van der Waals surface area (Å²) in [7, 11) is 0. The van der Waals surface area contributed by atoms with Crippen molar-refractivity contribution in [2.75, 3.05) is 6.61 Å². The first-order valence-electron chi connectivity index (χ1n) is 12.7. The molecule has 0 radical (unpaired) electrons. The number of ether oxygens (including phenoxy) is 1. The number of azo groups is 1. The molecule has 2 aromatic carbocycles. The van der Waals surface area contributed by atoms with Gasteiger partial charge in [-0.25, -0.2) is 0 Å². The topological polar surface area (TPSA) is 34.0 Å². The molecule has 0 amide bonds. The van der Waals surface area contributed by atoms with Crippen molar-refractivity contribution in [3.8, 4) is 5.75 Å². The van der Waals surface area contributed by atoms with E-state index in [4.69, 9.17) is 4.74 Å². The second kappa shape index (κ2) is 17.2. The predicted molar refractivity (Wildman–Crippen MR) is 138 cm³/mol. The Kier molecular flexibility index (Phi) is 13.9. The van der Waals surface area contributed by atoms with Crippen LogP contribution in [0.4, 0.5) is 11.4 Å². The third kappa shape index (κ3) is 11.8. The summed E-state index contributed by atoms with van der Waals surface area (Å²) < 4.78 is 5.86. The van der Waals surface area contributed by atoms with Gasteiger partial charge in [-0.2, -0.15) is 10.2 Å². The quantitative estimate of drug-likeness (QED) is 0.130. The molecule has 3 heteroatoms. The number of nitrogens with zero attached hydrogens (tertiary/aromatic N) is 2. The van der Waals surface area contributed by atoms with Gasteiger partial charge in [0.05, 0.1) is 18.0 Å². The zero-order valence-electron chi connectivity index (χ0n) is 20.1. The minimum Gasteiger partial charge on any atom is -0.494 e. The number of benzene rings is 2. The third-order valence-corrected chi connectivity index (χ3v) is 5.69. The van der Waals surface area contributed by atoms with Gasteiger partial charge in [0.1, 0.15) is 5.75 Å². The van der Waals surface area contributed by atoms with E-state index in [0.29, 0.717) is 0 Å². The van der Waals surface area contributed by atoms with E-state index in [1.165, 1.54) is 69.8 Å². The van der Waals surface area contributed by atoms with Crippen LogP contribution < -0.4 is 4.74 Å². The molecule has 2 rings (SSSR count). The SMILES string of the molecule is C=CCCCCCCCCCOc1ccc(N=Nc2ccc(CCCCCC)cc2)cc1. The Hall–Kier alpha value is -2.42. The Morgan fingerprint density at radius 2 is 1.25 bits per heavy atom. The van der Waals surface area contributed by atoms with Gasteiger partial charge >= 0.3 is 0 Å². The Bertz CT molecular complexity index is 750. The fourth-order valence-electron chi connectivity index (χ4n) is 3.67. The van der Waals surface area contributed by atoms with E-state index < -0.39 is 0 Å². The fourth-order valence-corrected chi connectivity index (χ4v) is 3.67. The maximum absolute atomic E-state index is 5.86. The van der Waals surface area contributed by atoms with Gasteiger partial charge in [0.15, 0.2) is 0 Å². The molecule has 3 nitrogen and oxygen atoms in total. The second-order valence-electron chi connectivity index (χ2n) is 8.57. The predicted octanol–water partition coefficient (Wildman–Crippen LogP) is 9.91. The van der Waals surface area contributed by atoms with Crippen molar-refractivity contribution in [2.45, 2.75) is 90.4 Å². The van der Waals surface area contributed by atoms with Gasteiger partial charge in [0, 0.05) is 0 Å². The highest BCUT2D eigenvalue weighted by molar-refractivity contribution is 5.43. The lowest BCUT2D eigenvalue weighted by Crippen LogP contribution is -1.96. The van der Waals surface area contributed by atoms with E-state index in [0.717, 1.165) is 43.0 Å². The van der Waals surface area contributed by atoms with Crippen molar-refractivity contribution in [2.24, 2.45) is 10.2 Å². The molecule has 2 aromatic rings. The maximum atomic E-state index is 5.86. The summed E-state index contributed by atoms with van der Waals surface area (Å²) in [5.74, 6) is 0.904. The number of aryl methyl sites for hydroxylation is 1. The van der Waals surface area contributed by atoms with Crippen LogP contribution in [0.1, 0.15) is 89.5 Å². The minimum atomic E-state index is 0.780. The molecule has 0 fully saturated rings. The number of rotatable bonds is 18. The molecule has 0 heterocycles. The van der Waals surface area contributed by atoms with E-state index in [1.54, 1.807) is 0 Å². The van der Waals surface area contributed by atoms with Gasteiger partial charge < -0.3 is 4.74 Å². The van der Waals surface area contributed by atoms with Crippen LogP contribution >= 0.6 is 0 Å². The molecule has 0 aliphatic heterocycles. The Labute approximate surface area is 196 Å². The van der Waals surface area contributed by atoms with Gasteiger partial charge in [-0.05, 0) is 74.1 Å². The van der Waals surface area contributed by atoms with Crippen LogP contribution in [-0.2, 0) is 6.42 Å². The molecule has 0 atom stereocenters. The Morgan fingerprint density at radius 3 is 1.88 bits per heavy atom. The molecule has 32 heavy (non-hydrogen) atoms. The molecule has 0 aliphatic carbocycles. The molecule has 0 saturated heterocycles. The van der Waals surface area contributed by atoms with Gasteiger partial charge in [0.25, 0.3) is 0 Å². The highest BCUT2D eigenvalue weighted by Gasteiger charge is 1.98. The van der Waals surface area contributed by atoms with Crippen LogP contribution in [0.25, 0.3) is 0 Å². The van der Waals surface area contributed by atoms with Crippen LogP contribution in [0.2, 0.25) is 0 Å². The first-order chi connectivity index (χ1) is 15.8. The highest BCUT2D eigenvalue weighted by atomic mass is 16.5. The summed E-state index contributed by atoms with van der Waals surface area (Å²) in [5.41, 5.74) is 3.12. The first kappa shape index (κ1) is 25.8. The molecule has 0 aromatic heterocycles. The summed E-state index contributed by atoms with van der Waals surface area (Å²) in [6, 6.07) is 16.3. The largest absolute Gasteiger partial charge is 0.494 e. The Morgan fingerprint density at radius 1 is 0.688 bits per heavy atom. The van der Waals surface area contributed by atoms with E-state index in [1.807, 2.05) is 30.3 Å². The van der Waals surface area contributed by atoms with Gasteiger partial charge in [-0.3, -0.25) is 0 Å². The first-order valence-corrected chi connectivity index (χ1v) is 12.7. The minimum absolute atomic E-state index is 0.780. The van der Waals surface area contributed by atoms with Crippen LogP contribution in [0, 0.1) is 0 Å². The molecule has 0 N–H and O–H groups in total. The van der Waals surface area contributed by atoms with Gasteiger partial charge in [-0.15, -0.1) is 6.58 Å². The molecule has 0 unspecified atom stereocenters. The summed E-state index contributed by atoms with van der Waals surface area (Å²) >= 11 is 0. The zero-order valence-corrected chi connectivity index (χ0v) is 20.1. The second-order valence-corrected chi connectivity index (χ2v) is 8.57. The fraction of sp³-hybridized carbons (Fsp3) is 0.517. The zero-order chi connectivity index (χ0) is 22.7. The van der Waals surface area contributed by atoms with E-state index >= 15 is 0 Å². The van der Waals surface area contributed by atoms with Crippen molar-refractivity contribution < 1.29 is 4.74 Å². The van der Waals surface area contributed by atoms with Crippen molar-refractivity contribution in [1.82, 2.24) is 0 Å². The Balaban J connectivity index is 1.61. The lowest BCUT2D eigenvalue weighted by molar-refractivity contribution is 0.304. The van der Waals surface area contributed by atoms with Gasteiger partial charge in [0.2, 0.25) is 0 Å². The number of hydrogen-bond donors (Lipinski definition) is 0. The molecule has 0 aliphatic rings. The smallest absolute Gasteiger partial charge is 0.119 e. The normalized spacial score (nSPS) is 11.2. The van der Waals surface area contributed by atoms with Crippen LogP contribution in [-0.4, -0.2) is 6.61 Å². The van der Waals surface area contributed by atoms with E-state index in [9.17, 15) is 0 Å². The average molecular weight is 435 g/mol. The monoisotopic (exact) mass is 434 g/mol. The number of allylic oxidation sites excluding steroid dienone is 1. The summed E-state index contributed by atoms with van der Waals surface area (Å²) in [6.07, 6.45) is 18.4. The molecule has 0 spiro atoms. The number of hydrogen-bond acceptors (Lipinski definition) is 3. The number of unbranched alkanes of at least 4 members (excludes halogenated alkanes) is 10. The van der Waals surface area contributed by atoms with Crippen molar-refractivity contribution >= 4 is 11.4 Å². The maximum Gasteiger partial charge on any atom is 0.119 e. The molecule has 174 valence electrons. The molecule has 0 bridgehead atoms. The molecular weight excluding hydrogens is 392 g/mol. The molecule has 0 saturated carbocycles. The summed E-state index contributed by atoms with van der Waals surface area (Å²) in [5, 5.41) is 8.72. The summed E-state index contributed by atoms with van der Waals surface area (Å²) in [6.45, 7) is 6.80. The summed E-state index contributed by atoms with van der Waals surface area (Å²) in [4.78, 5) is 0. The third-order valence-electron chi connectivity index (χ3n) is 5.69. The van der Waals surface area contributed by atoms with Crippen LogP contribution in [0.15, 0.2) is 71.4 Å². The van der Waals surface area contributed by atoms with Crippen LogP contribution in [0.5, 0.6) is 5.75 Å². The standard InChI is InChI=1S/C29H42N2O/c1-3-5-7-9-10-11-12-13-15-25-32-29-23-21-28(22-24-29)31-30-27-19-17-26(18-20-27)16-14-8-6-4-2/h3,17-24H,1,4-16,25H2,2H3.